The van der Waals surface area contributed by atoms with Crippen molar-refractivity contribution < 1.29 is 19.4 Å². The molecule has 1 aliphatic rings. The zero-order valence-electron chi connectivity index (χ0n) is 8.18. The van der Waals surface area contributed by atoms with Crippen LogP contribution in [0.3, 0.4) is 0 Å². The van der Waals surface area contributed by atoms with Crippen LogP contribution in [0.1, 0.15) is 0 Å². The summed E-state index contributed by atoms with van der Waals surface area (Å²) in [6, 6.07) is -0.337. The van der Waals surface area contributed by atoms with E-state index < -0.39 is 17.9 Å². The molecule has 3 atom stereocenters. The molecular weight excluding hydrogens is 202 g/mol. The maximum atomic E-state index is 11.4. The van der Waals surface area contributed by atoms with Crippen LogP contribution in [0.15, 0.2) is 0 Å². The van der Waals surface area contributed by atoms with Crippen LogP contribution in [0.25, 0.3) is 0 Å². The molecule has 3 unspecified atom stereocenters. The maximum absolute atomic E-state index is 11.4. The van der Waals surface area contributed by atoms with Gasteiger partial charge in [0, 0.05) is 6.04 Å². The molecule has 0 aromatic rings. The zero-order valence-corrected chi connectivity index (χ0v) is 8.18. The number of hydrogen-bond donors (Lipinski definition) is 4. The third-order valence-corrected chi connectivity index (χ3v) is 2.26. The summed E-state index contributed by atoms with van der Waals surface area (Å²) in [5, 5.41) is 11.4. The van der Waals surface area contributed by atoms with E-state index in [2.05, 4.69) is 5.32 Å². The van der Waals surface area contributed by atoms with Crippen molar-refractivity contribution in [3.05, 3.63) is 0 Å². The number of ether oxygens (including phenoxy) is 1. The standard InChI is InChI=1S/C8H15N3O4/c9-5-3-15-2-4(5)8(14)11-1-6(12)7(10)13/h4-6,12H,1-3,9H2,(H2,10,13)(H,11,14). The van der Waals surface area contributed by atoms with E-state index in [1.807, 2.05) is 0 Å². The summed E-state index contributed by atoms with van der Waals surface area (Å²) in [5.41, 5.74) is 10.4. The number of hydrogen-bond acceptors (Lipinski definition) is 5. The quantitative estimate of drug-likeness (QED) is 0.397. The number of amides is 2. The highest BCUT2D eigenvalue weighted by Crippen LogP contribution is 2.11. The zero-order chi connectivity index (χ0) is 11.4. The number of aliphatic hydroxyl groups is 1. The third-order valence-electron chi connectivity index (χ3n) is 2.26. The largest absolute Gasteiger partial charge is 0.381 e. The molecule has 0 spiro atoms. The van der Waals surface area contributed by atoms with Crippen LogP contribution in [-0.2, 0) is 14.3 Å². The average Bonchev–Trinajstić information content (AvgIpc) is 2.60. The summed E-state index contributed by atoms with van der Waals surface area (Å²) in [6.45, 7) is 0.410. The van der Waals surface area contributed by atoms with Gasteiger partial charge in [-0.3, -0.25) is 9.59 Å². The lowest BCUT2D eigenvalue weighted by Crippen LogP contribution is -2.45. The lowest BCUT2D eigenvalue weighted by molar-refractivity contribution is -0.128. The molecule has 1 aliphatic heterocycles. The van der Waals surface area contributed by atoms with Gasteiger partial charge in [-0.25, -0.2) is 0 Å². The molecule has 0 aromatic carbocycles. The van der Waals surface area contributed by atoms with Crippen molar-refractivity contribution in [2.24, 2.45) is 17.4 Å². The van der Waals surface area contributed by atoms with E-state index in [0.29, 0.717) is 6.61 Å². The molecule has 6 N–H and O–H groups in total. The number of nitrogens with two attached hydrogens (primary N) is 2. The van der Waals surface area contributed by atoms with Gasteiger partial charge in [0.15, 0.2) is 0 Å². The molecule has 0 aromatic heterocycles. The third kappa shape index (κ3) is 3.15. The topological polar surface area (TPSA) is 128 Å². The summed E-state index contributed by atoms with van der Waals surface area (Å²) in [4.78, 5) is 21.9. The minimum absolute atomic E-state index is 0.197. The van der Waals surface area contributed by atoms with Gasteiger partial charge < -0.3 is 26.6 Å². The fourth-order valence-corrected chi connectivity index (χ4v) is 1.27. The molecule has 2 amide bonds. The highest BCUT2D eigenvalue weighted by atomic mass is 16.5. The molecular formula is C8H15N3O4. The van der Waals surface area contributed by atoms with Crippen LogP contribution in [0.5, 0.6) is 0 Å². The first-order valence-electron chi connectivity index (χ1n) is 4.60. The van der Waals surface area contributed by atoms with E-state index >= 15 is 0 Å². The Hall–Kier alpha value is -1.18. The molecule has 0 aliphatic carbocycles. The second-order valence-corrected chi connectivity index (χ2v) is 3.47. The fraction of sp³-hybridized carbons (Fsp3) is 0.750. The smallest absolute Gasteiger partial charge is 0.248 e. The Kier molecular flexibility index (Phi) is 4.01. The fourth-order valence-electron chi connectivity index (χ4n) is 1.27. The van der Waals surface area contributed by atoms with Gasteiger partial charge in [-0.1, -0.05) is 0 Å². The minimum atomic E-state index is -1.37. The normalized spacial score (nSPS) is 27.3. The van der Waals surface area contributed by atoms with Gasteiger partial charge in [0.1, 0.15) is 6.10 Å². The Morgan fingerprint density at radius 1 is 1.53 bits per heavy atom. The number of primary amides is 1. The number of rotatable bonds is 4. The van der Waals surface area contributed by atoms with Gasteiger partial charge in [0.05, 0.1) is 25.7 Å². The van der Waals surface area contributed by atoms with Gasteiger partial charge in [-0.05, 0) is 0 Å². The maximum Gasteiger partial charge on any atom is 0.248 e. The summed E-state index contributed by atoms with van der Waals surface area (Å²) in [6.07, 6.45) is -1.37. The first-order chi connectivity index (χ1) is 7.02. The van der Waals surface area contributed by atoms with Crippen molar-refractivity contribution in [1.29, 1.82) is 0 Å². The SMILES string of the molecule is NC(=O)C(O)CNC(=O)C1COCC1N. The van der Waals surface area contributed by atoms with E-state index in [1.165, 1.54) is 0 Å². The van der Waals surface area contributed by atoms with Crippen LogP contribution >= 0.6 is 0 Å². The van der Waals surface area contributed by atoms with Gasteiger partial charge in [-0.2, -0.15) is 0 Å². The first-order valence-corrected chi connectivity index (χ1v) is 4.60. The Bertz CT molecular complexity index is 258. The van der Waals surface area contributed by atoms with Crippen LogP contribution in [0, 0.1) is 5.92 Å². The molecule has 0 saturated carbocycles. The lowest BCUT2D eigenvalue weighted by atomic mass is 10.0. The minimum Gasteiger partial charge on any atom is -0.381 e. The van der Waals surface area contributed by atoms with Crippen LogP contribution in [0.2, 0.25) is 0 Å². The first kappa shape index (κ1) is 11.9. The van der Waals surface area contributed by atoms with Gasteiger partial charge in [0.25, 0.3) is 0 Å². The van der Waals surface area contributed by atoms with Gasteiger partial charge in [0.2, 0.25) is 11.8 Å². The van der Waals surface area contributed by atoms with E-state index in [4.69, 9.17) is 21.3 Å². The number of carbonyl (C=O) groups excluding carboxylic acids is 2. The molecule has 1 rings (SSSR count). The number of aliphatic hydroxyl groups excluding tert-OH is 1. The van der Waals surface area contributed by atoms with E-state index in [9.17, 15) is 9.59 Å². The van der Waals surface area contributed by atoms with Crippen LogP contribution in [0.4, 0.5) is 0 Å². The highest BCUT2D eigenvalue weighted by molar-refractivity contribution is 5.82. The highest BCUT2D eigenvalue weighted by Gasteiger charge is 2.31. The Morgan fingerprint density at radius 3 is 2.67 bits per heavy atom. The lowest BCUT2D eigenvalue weighted by Gasteiger charge is -2.14. The monoisotopic (exact) mass is 217 g/mol. The van der Waals surface area contributed by atoms with Gasteiger partial charge >= 0.3 is 0 Å². The van der Waals surface area contributed by atoms with Crippen molar-refractivity contribution in [2.75, 3.05) is 19.8 Å². The molecule has 15 heavy (non-hydrogen) atoms. The van der Waals surface area contributed by atoms with E-state index in [1.54, 1.807) is 0 Å². The second-order valence-electron chi connectivity index (χ2n) is 3.47. The van der Waals surface area contributed by atoms with Gasteiger partial charge in [-0.15, -0.1) is 0 Å². The summed E-state index contributed by atoms with van der Waals surface area (Å²) >= 11 is 0. The molecule has 1 heterocycles. The Morgan fingerprint density at radius 2 is 2.20 bits per heavy atom. The molecule has 7 nitrogen and oxygen atoms in total. The van der Waals surface area contributed by atoms with Crippen molar-refractivity contribution in [3.8, 4) is 0 Å². The van der Waals surface area contributed by atoms with Crippen LogP contribution in [-0.4, -0.2) is 48.8 Å². The molecule has 0 radical (unpaired) electrons. The molecule has 1 fully saturated rings. The number of carbonyl (C=O) groups is 2. The average molecular weight is 217 g/mol. The number of nitrogens with one attached hydrogen (secondary N) is 1. The van der Waals surface area contributed by atoms with Crippen molar-refractivity contribution in [3.63, 3.8) is 0 Å². The Labute approximate surface area is 86.7 Å². The summed E-state index contributed by atoms with van der Waals surface area (Å²) in [5.74, 6) is -1.63. The predicted molar refractivity (Wildman–Crippen MR) is 50.5 cm³/mol. The predicted octanol–water partition coefficient (Wildman–Crippen LogP) is -3.08. The Balaban J connectivity index is 2.32. The van der Waals surface area contributed by atoms with Crippen molar-refractivity contribution in [1.82, 2.24) is 5.32 Å². The molecule has 1 saturated heterocycles. The molecule has 0 bridgehead atoms. The van der Waals surface area contributed by atoms with Crippen molar-refractivity contribution in [2.45, 2.75) is 12.1 Å². The summed E-state index contributed by atoms with van der Waals surface area (Å²) in [7, 11) is 0. The second kappa shape index (κ2) is 5.06. The molecule has 86 valence electrons. The van der Waals surface area contributed by atoms with Crippen molar-refractivity contribution >= 4 is 11.8 Å². The van der Waals surface area contributed by atoms with Crippen LogP contribution < -0.4 is 16.8 Å². The van der Waals surface area contributed by atoms with E-state index in [-0.39, 0.29) is 25.1 Å². The molecule has 7 heteroatoms. The van der Waals surface area contributed by atoms with E-state index in [0.717, 1.165) is 0 Å². The summed E-state index contributed by atoms with van der Waals surface area (Å²) < 4.78 is 5.00.